The molecule has 2 rings (SSSR count). The van der Waals surface area contributed by atoms with Crippen LogP contribution in [0.1, 0.15) is 31.9 Å². The zero-order chi connectivity index (χ0) is 24.5. The monoisotopic (exact) mass is 473 g/mol. The van der Waals surface area contributed by atoms with Crippen LogP contribution in [0.2, 0.25) is 18.1 Å². The molecule has 0 saturated carbocycles. The normalized spacial score (nSPS) is 13.6. The molecule has 0 heterocycles. The first kappa shape index (κ1) is 26.6. The molecule has 33 heavy (non-hydrogen) atoms. The van der Waals surface area contributed by atoms with Crippen molar-refractivity contribution >= 4 is 20.4 Å². The van der Waals surface area contributed by atoms with Crippen LogP contribution in [0.25, 0.3) is 0 Å². The van der Waals surface area contributed by atoms with Gasteiger partial charge in [-0.3, -0.25) is 4.89 Å². The highest BCUT2D eigenvalue weighted by molar-refractivity contribution is 6.74. The molecule has 7 nitrogen and oxygen atoms in total. The number of hydrogen-bond donors (Lipinski definition) is 1. The van der Waals surface area contributed by atoms with Gasteiger partial charge in [0.25, 0.3) is 0 Å². The van der Waals surface area contributed by atoms with E-state index in [0.717, 1.165) is 11.1 Å². The second-order valence-corrected chi connectivity index (χ2v) is 14.1. The Morgan fingerprint density at radius 2 is 1.48 bits per heavy atom. The van der Waals surface area contributed by atoms with Crippen molar-refractivity contribution in [2.45, 2.75) is 64.1 Å². The molecule has 0 aliphatic heterocycles. The highest BCUT2D eigenvalue weighted by atomic mass is 28.4. The van der Waals surface area contributed by atoms with Gasteiger partial charge >= 0.3 is 12.1 Å². The Morgan fingerprint density at radius 3 is 2.00 bits per heavy atom. The SMILES string of the molecule is COOC(=O)[C@@H](O[Si](C)(C)C(C)(C)C)[C@H](Cc1ccccc1)NC(=O)OCc1ccccc1. The average Bonchev–Trinajstić information content (AvgIpc) is 2.76. The summed E-state index contributed by atoms with van der Waals surface area (Å²) in [5.74, 6) is -0.702. The summed E-state index contributed by atoms with van der Waals surface area (Å²) >= 11 is 0. The number of amides is 1. The number of carbonyl (C=O) groups excluding carboxylic acids is 2. The Balaban J connectivity index is 2.27. The first-order valence-corrected chi connectivity index (χ1v) is 13.9. The third-order valence-electron chi connectivity index (χ3n) is 5.81. The molecular weight excluding hydrogens is 438 g/mol. The molecule has 0 unspecified atom stereocenters. The second-order valence-electron chi connectivity index (χ2n) is 9.37. The molecule has 0 fully saturated rings. The molecule has 180 valence electrons. The lowest BCUT2D eigenvalue weighted by atomic mass is 10.0. The van der Waals surface area contributed by atoms with Gasteiger partial charge in [0.2, 0.25) is 0 Å². The third kappa shape index (κ3) is 8.31. The Labute approximate surface area is 197 Å². The fourth-order valence-electron chi connectivity index (χ4n) is 2.94. The van der Waals surface area contributed by atoms with Gasteiger partial charge in [-0.15, -0.1) is 0 Å². The minimum absolute atomic E-state index is 0.112. The number of benzene rings is 2. The molecule has 8 heteroatoms. The number of rotatable bonds is 10. The standard InChI is InChI=1S/C25H35NO6Si/c1-25(2,3)33(5,6)32-22(23(27)31-29-4)21(17-19-13-9-7-10-14-19)26-24(28)30-18-20-15-11-8-12-16-20/h7-16,21-22H,17-18H2,1-6H3,(H,26,28)/t21-,22-/m0/s1. The van der Waals surface area contributed by atoms with Crippen molar-refractivity contribution in [1.29, 1.82) is 0 Å². The third-order valence-corrected chi connectivity index (χ3v) is 10.3. The molecule has 0 saturated heterocycles. The summed E-state index contributed by atoms with van der Waals surface area (Å²) in [6, 6.07) is 18.2. The predicted molar refractivity (Wildman–Crippen MR) is 129 cm³/mol. The lowest BCUT2D eigenvalue weighted by Crippen LogP contribution is -2.56. The zero-order valence-corrected chi connectivity index (χ0v) is 21.3. The maximum absolute atomic E-state index is 12.9. The maximum Gasteiger partial charge on any atom is 0.407 e. The van der Waals surface area contributed by atoms with Crippen LogP contribution >= 0.6 is 0 Å². The number of nitrogens with one attached hydrogen (secondary N) is 1. The average molecular weight is 474 g/mol. The molecule has 0 aliphatic rings. The van der Waals surface area contributed by atoms with E-state index in [0.29, 0.717) is 6.42 Å². The molecule has 2 atom stereocenters. The van der Waals surface area contributed by atoms with Gasteiger partial charge in [0.15, 0.2) is 14.4 Å². The zero-order valence-electron chi connectivity index (χ0n) is 20.3. The Bertz CT molecular complexity index is 883. The Morgan fingerprint density at radius 1 is 0.939 bits per heavy atom. The van der Waals surface area contributed by atoms with Crippen LogP contribution in [-0.2, 0) is 36.8 Å². The quantitative estimate of drug-likeness (QED) is 0.296. The first-order valence-electron chi connectivity index (χ1n) is 11.0. The number of alkyl carbamates (subject to hydrolysis) is 1. The minimum Gasteiger partial charge on any atom is -0.445 e. The van der Waals surface area contributed by atoms with Gasteiger partial charge < -0.3 is 14.5 Å². The topological polar surface area (TPSA) is 83.1 Å². The Hall–Kier alpha value is -2.68. The molecule has 0 aromatic heterocycles. The molecule has 2 aromatic rings. The summed E-state index contributed by atoms with van der Waals surface area (Å²) in [5.41, 5.74) is 1.79. The van der Waals surface area contributed by atoms with Crippen molar-refractivity contribution in [2.75, 3.05) is 7.11 Å². The molecular formula is C25H35NO6Si. The number of carbonyl (C=O) groups is 2. The molecule has 0 radical (unpaired) electrons. The van der Waals surface area contributed by atoms with Gasteiger partial charge in [-0.05, 0) is 35.7 Å². The van der Waals surface area contributed by atoms with Crippen molar-refractivity contribution in [2.24, 2.45) is 0 Å². The van der Waals surface area contributed by atoms with Gasteiger partial charge in [-0.25, -0.2) is 9.59 Å². The molecule has 0 spiro atoms. The molecule has 0 aliphatic carbocycles. The summed E-state index contributed by atoms with van der Waals surface area (Å²) in [5, 5.41) is 2.67. The number of ether oxygens (including phenoxy) is 1. The second kappa shape index (κ2) is 12.0. The predicted octanol–water partition coefficient (Wildman–Crippen LogP) is 5.02. The van der Waals surface area contributed by atoms with E-state index in [9.17, 15) is 9.59 Å². The van der Waals surface area contributed by atoms with Crippen molar-refractivity contribution in [3.05, 3.63) is 71.8 Å². The van der Waals surface area contributed by atoms with Gasteiger partial charge in [-0.1, -0.05) is 81.4 Å². The Kier molecular flexibility index (Phi) is 9.64. The van der Waals surface area contributed by atoms with Crippen LogP contribution < -0.4 is 5.32 Å². The lowest BCUT2D eigenvalue weighted by molar-refractivity contribution is -0.262. The maximum atomic E-state index is 12.9. The van der Waals surface area contributed by atoms with E-state index in [-0.39, 0.29) is 11.6 Å². The van der Waals surface area contributed by atoms with Crippen molar-refractivity contribution < 1.29 is 28.5 Å². The summed E-state index contributed by atoms with van der Waals surface area (Å²) in [6.07, 6.45) is -1.37. The minimum atomic E-state index is -2.41. The van der Waals surface area contributed by atoms with Crippen molar-refractivity contribution in [1.82, 2.24) is 5.32 Å². The van der Waals surface area contributed by atoms with Gasteiger partial charge in [-0.2, -0.15) is 4.89 Å². The van der Waals surface area contributed by atoms with Crippen LogP contribution in [0, 0.1) is 0 Å². The van der Waals surface area contributed by atoms with Crippen molar-refractivity contribution in [3.8, 4) is 0 Å². The van der Waals surface area contributed by atoms with E-state index >= 15 is 0 Å². The van der Waals surface area contributed by atoms with Crippen LogP contribution in [-0.4, -0.2) is 39.6 Å². The van der Waals surface area contributed by atoms with Gasteiger partial charge in [0.1, 0.15) is 6.61 Å². The largest absolute Gasteiger partial charge is 0.445 e. The molecule has 0 bridgehead atoms. The van der Waals surface area contributed by atoms with E-state index in [2.05, 4.69) is 31.0 Å². The van der Waals surface area contributed by atoms with Crippen LogP contribution in [0.5, 0.6) is 0 Å². The van der Waals surface area contributed by atoms with Crippen LogP contribution in [0.15, 0.2) is 60.7 Å². The van der Waals surface area contributed by atoms with E-state index in [1.54, 1.807) is 0 Å². The van der Waals surface area contributed by atoms with E-state index in [1.807, 2.05) is 73.8 Å². The summed E-state index contributed by atoms with van der Waals surface area (Å²) < 4.78 is 11.8. The van der Waals surface area contributed by atoms with E-state index in [4.69, 9.17) is 14.1 Å². The smallest absolute Gasteiger partial charge is 0.407 e. The lowest BCUT2D eigenvalue weighted by Gasteiger charge is -2.40. The van der Waals surface area contributed by atoms with Crippen LogP contribution in [0.4, 0.5) is 4.79 Å². The number of hydrogen-bond acceptors (Lipinski definition) is 6. The van der Waals surface area contributed by atoms with E-state index in [1.165, 1.54) is 7.11 Å². The van der Waals surface area contributed by atoms with Crippen LogP contribution in [0.3, 0.4) is 0 Å². The summed E-state index contributed by atoms with van der Waals surface area (Å²) in [7, 11) is -1.15. The molecule has 2 aromatic carbocycles. The fourth-order valence-corrected chi connectivity index (χ4v) is 4.19. The van der Waals surface area contributed by atoms with Gasteiger partial charge in [0.05, 0.1) is 13.2 Å². The van der Waals surface area contributed by atoms with Gasteiger partial charge in [0, 0.05) is 0 Å². The summed E-state index contributed by atoms with van der Waals surface area (Å²) in [4.78, 5) is 35.1. The summed E-state index contributed by atoms with van der Waals surface area (Å²) in [6.45, 7) is 10.4. The van der Waals surface area contributed by atoms with E-state index < -0.39 is 32.5 Å². The molecule has 1 amide bonds. The fraction of sp³-hybridized carbons (Fsp3) is 0.440. The molecule has 1 N–H and O–H groups in total. The highest BCUT2D eigenvalue weighted by Crippen LogP contribution is 2.38. The first-order chi connectivity index (χ1) is 15.5. The highest BCUT2D eigenvalue weighted by Gasteiger charge is 2.44. The van der Waals surface area contributed by atoms with Crippen molar-refractivity contribution in [3.63, 3.8) is 0 Å².